The summed E-state index contributed by atoms with van der Waals surface area (Å²) < 4.78 is 37.2. The molecular weight excluding hydrogens is 332 g/mol. The average molecular weight is 347 g/mol. The van der Waals surface area contributed by atoms with Crippen LogP contribution in [-0.4, -0.2) is 35.4 Å². The monoisotopic (exact) mass is 347 g/mol. The fourth-order valence-corrected chi connectivity index (χ4v) is 3.27. The van der Waals surface area contributed by atoms with Crippen LogP contribution in [0.5, 0.6) is 11.5 Å². The summed E-state index contributed by atoms with van der Waals surface area (Å²) in [5.41, 5.74) is 0.829. The van der Waals surface area contributed by atoms with Gasteiger partial charge in [0, 0.05) is 12.1 Å². The van der Waals surface area contributed by atoms with Gasteiger partial charge in [-0.05, 0) is 42.3 Å². The molecule has 5 nitrogen and oxygen atoms in total. The number of ether oxygens (including phenoxy) is 2. The van der Waals surface area contributed by atoms with Gasteiger partial charge < -0.3 is 19.5 Å². The third-order valence-electron chi connectivity index (χ3n) is 4.49. The Labute approximate surface area is 142 Å². The van der Waals surface area contributed by atoms with Gasteiger partial charge in [0.1, 0.15) is 0 Å². The van der Waals surface area contributed by atoms with Gasteiger partial charge in [-0.15, -0.1) is 0 Å². The van der Waals surface area contributed by atoms with Crippen molar-refractivity contribution >= 4 is 5.91 Å². The van der Waals surface area contributed by atoms with Crippen LogP contribution in [0.15, 0.2) is 36.4 Å². The molecule has 7 heteroatoms. The predicted molar refractivity (Wildman–Crippen MR) is 83.3 cm³/mol. The fourth-order valence-electron chi connectivity index (χ4n) is 3.27. The van der Waals surface area contributed by atoms with E-state index in [2.05, 4.69) is 0 Å². The summed E-state index contributed by atoms with van der Waals surface area (Å²) in [6.45, 7) is 0.226. The number of nitrogens with zero attached hydrogens (tertiary/aromatic N) is 1. The molecule has 2 aliphatic heterocycles. The van der Waals surface area contributed by atoms with Crippen molar-refractivity contribution in [3.05, 3.63) is 59.2 Å². The summed E-state index contributed by atoms with van der Waals surface area (Å²) in [5, 5.41) is 10.00. The molecule has 2 aromatic rings. The molecule has 130 valence electrons. The van der Waals surface area contributed by atoms with Gasteiger partial charge in [-0.2, -0.15) is 0 Å². The summed E-state index contributed by atoms with van der Waals surface area (Å²) in [4.78, 5) is 14.3. The molecule has 0 radical (unpaired) electrons. The number of carbonyl (C=O) groups excluding carboxylic acids is 1. The third kappa shape index (κ3) is 2.80. The molecule has 2 aliphatic rings. The molecule has 2 atom stereocenters. The van der Waals surface area contributed by atoms with Crippen LogP contribution in [0.1, 0.15) is 28.4 Å². The second-order valence-corrected chi connectivity index (χ2v) is 6.10. The van der Waals surface area contributed by atoms with Crippen LogP contribution < -0.4 is 9.47 Å². The van der Waals surface area contributed by atoms with Crippen molar-refractivity contribution in [1.82, 2.24) is 4.90 Å². The third-order valence-corrected chi connectivity index (χ3v) is 4.49. The number of aliphatic hydroxyl groups excluding tert-OH is 1. The highest BCUT2D eigenvalue weighted by Gasteiger charge is 2.36. The molecule has 2 heterocycles. The summed E-state index contributed by atoms with van der Waals surface area (Å²) in [7, 11) is 0. The molecule has 0 spiro atoms. The lowest BCUT2D eigenvalue weighted by atomic mass is 10.0. The van der Waals surface area contributed by atoms with E-state index in [1.54, 1.807) is 18.2 Å². The Bertz CT molecular complexity index is 842. The molecule has 0 saturated carbocycles. The van der Waals surface area contributed by atoms with Crippen molar-refractivity contribution in [3.8, 4) is 11.5 Å². The number of hydrogen-bond acceptors (Lipinski definition) is 4. The van der Waals surface area contributed by atoms with E-state index >= 15 is 0 Å². The average Bonchev–Trinajstić information content (AvgIpc) is 3.22. The number of β-amino-alcohol motifs (C(OH)–C–C–N with tert-alkyl or cyclic N) is 1. The zero-order valence-corrected chi connectivity index (χ0v) is 13.1. The summed E-state index contributed by atoms with van der Waals surface area (Å²) in [6, 6.07) is 7.84. The van der Waals surface area contributed by atoms with E-state index in [0.717, 1.165) is 12.1 Å². The minimum atomic E-state index is -0.977. The number of likely N-dealkylation sites (tertiary alicyclic amines) is 1. The molecule has 1 N–H and O–H groups in total. The SMILES string of the molecule is O=C(c1ccc2c(c1)OCO2)N1C[C@H](O)C[C@H]1c1ccc(F)c(F)c1. The van der Waals surface area contributed by atoms with Gasteiger partial charge in [-0.25, -0.2) is 8.78 Å². The fraction of sp³-hybridized carbons (Fsp3) is 0.278. The molecule has 25 heavy (non-hydrogen) atoms. The Morgan fingerprint density at radius 3 is 2.68 bits per heavy atom. The zero-order valence-electron chi connectivity index (χ0n) is 13.1. The quantitative estimate of drug-likeness (QED) is 0.907. The van der Waals surface area contributed by atoms with Crippen molar-refractivity contribution in [3.63, 3.8) is 0 Å². The Morgan fingerprint density at radius 2 is 1.88 bits per heavy atom. The molecule has 4 rings (SSSR count). The Hall–Kier alpha value is -2.67. The Kier molecular flexibility index (Phi) is 3.80. The van der Waals surface area contributed by atoms with Crippen LogP contribution in [0, 0.1) is 11.6 Å². The number of fused-ring (bicyclic) bond motifs is 1. The van der Waals surface area contributed by atoms with E-state index < -0.39 is 23.8 Å². The van der Waals surface area contributed by atoms with Crippen LogP contribution in [0.25, 0.3) is 0 Å². The number of carbonyl (C=O) groups is 1. The first-order valence-electron chi connectivity index (χ1n) is 7.86. The number of benzene rings is 2. The van der Waals surface area contributed by atoms with Gasteiger partial charge in [-0.3, -0.25) is 4.79 Å². The lowest BCUT2D eigenvalue weighted by Gasteiger charge is -2.25. The number of halogens is 2. The molecule has 1 amide bonds. The highest BCUT2D eigenvalue weighted by Crippen LogP contribution is 2.36. The van der Waals surface area contributed by atoms with Crippen molar-refractivity contribution in [2.45, 2.75) is 18.6 Å². The Morgan fingerprint density at radius 1 is 1.08 bits per heavy atom. The zero-order chi connectivity index (χ0) is 17.6. The molecule has 1 fully saturated rings. The van der Waals surface area contributed by atoms with Crippen molar-refractivity contribution in [1.29, 1.82) is 0 Å². The van der Waals surface area contributed by atoms with Gasteiger partial charge >= 0.3 is 0 Å². The van der Waals surface area contributed by atoms with Gasteiger partial charge in [0.2, 0.25) is 6.79 Å². The molecule has 2 aromatic carbocycles. The predicted octanol–water partition coefficient (Wildman–Crippen LogP) is 2.64. The van der Waals surface area contributed by atoms with E-state index in [1.807, 2.05) is 0 Å². The molecule has 0 unspecified atom stereocenters. The lowest BCUT2D eigenvalue weighted by Crippen LogP contribution is -2.31. The Balaban J connectivity index is 1.65. The largest absolute Gasteiger partial charge is 0.454 e. The second kappa shape index (κ2) is 6.00. The van der Waals surface area contributed by atoms with E-state index in [9.17, 15) is 18.7 Å². The normalized spacial score (nSPS) is 21.6. The van der Waals surface area contributed by atoms with E-state index in [1.165, 1.54) is 11.0 Å². The maximum absolute atomic E-state index is 13.6. The van der Waals surface area contributed by atoms with Crippen LogP contribution in [0.3, 0.4) is 0 Å². The van der Waals surface area contributed by atoms with Crippen molar-refractivity contribution in [2.24, 2.45) is 0 Å². The van der Waals surface area contributed by atoms with Gasteiger partial charge in [-0.1, -0.05) is 6.07 Å². The molecule has 0 aliphatic carbocycles. The van der Waals surface area contributed by atoms with Crippen LogP contribution in [0.2, 0.25) is 0 Å². The first-order chi connectivity index (χ1) is 12.0. The second-order valence-electron chi connectivity index (χ2n) is 6.10. The molecular formula is C18H15F2NO4. The number of rotatable bonds is 2. The van der Waals surface area contributed by atoms with E-state index in [-0.39, 0.29) is 25.7 Å². The number of amides is 1. The van der Waals surface area contributed by atoms with Gasteiger partial charge in [0.25, 0.3) is 5.91 Å². The minimum absolute atomic E-state index is 0.104. The van der Waals surface area contributed by atoms with E-state index in [4.69, 9.17) is 9.47 Å². The highest BCUT2D eigenvalue weighted by molar-refractivity contribution is 5.95. The lowest BCUT2D eigenvalue weighted by molar-refractivity contribution is 0.0715. The maximum atomic E-state index is 13.6. The van der Waals surface area contributed by atoms with Crippen LogP contribution >= 0.6 is 0 Å². The molecule has 0 bridgehead atoms. The van der Waals surface area contributed by atoms with Crippen molar-refractivity contribution in [2.75, 3.05) is 13.3 Å². The topological polar surface area (TPSA) is 59.0 Å². The summed E-state index contributed by atoms with van der Waals surface area (Å²) in [5.74, 6) is -1.19. The number of hydrogen-bond donors (Lipinski definition) is 1. The molecule has 0 aromatic heterocycles. The first kappa shape index (κ1) is 15.8. The van der Waals surface area contributed by atoms with Gasteiger partial charge in [0.05, 0.1) is 12.1 Å². The van der Waals surface area contributed by atoms with Gasteiger partial charge in [0.15, 0.2) is 23.1 Å². The number of aliphatic hydroxyl groups is 1. The van der Waals surface area contributed by atoms with E-state index in [0.29, 0.717) is 22.6 Å². The van der Waals surface area contributed by atoms with Crippen molar-refractivity contribution < 1.29 is 28.2 Å². The smallest absolute Gasteiger partial charge is 0.254 e. The first-order valence-corrected chi connectivity index (χ1v) is 7.86. The highest BCUT2D eigenvalue weighted by atomic mass is 19.2. The standard InChI is InChI=1S/C18H15F2NO4/c19-13-3-1-10(5-14(13)20)15-7-12(22)8-21(15)18(23)11-2-4-16-17(6-11)25-9-24-16/h1-6,12,15,22H,7-9H2/t12-,15+/m1/s1. The minimum Gasteiger partial charge on any atom is -0.454 e. The molecule has 1 saturated heterocycles. The van der Waals surface area contributed by atoms with Crippen LogP contribution in [-0.2, 0) is 0 Å². The maximum Gasteiger partial charge on any atom is 0.254 e. The van der Waals surface area contributed by atoms with Crippen LogP contribution in [0.4, 0.5) is 8.78 Å². The summed E-state index contributed by atoms with van der Waals surface area (Å²) >= 11 is 0. The summed E-state index contributed by atoms with van der Waals surface area (Å²) in [6.07, 6.45) is -0.461.